The van der Waals surface area contributed by atoms with Crippen LogP contribution in [0.4, 0.5) is 5.69 Å². The molecule has 0 atom stereocenters. The lowest BCUT2D eigenvalue weighted by Crippen LogP contribution is -2.30. The predicted molar refractivity (Wildman–Crippen MR) is 117 cm³/mol. The molecule has 3 aromatic rings. The Morgan fingerprint density at radius 3 is 2.56 bits per heavy atom. The minimum atomic E-state index is -0.629. The van der Waals surface area contributed by atoms with Crippen molar-refractivity contribution in [2.45, 2.75) is 34.1 Å². The van der Waals surface area contributed by atoms with E-state index in [2.05, 4.69) is 20.4 Å². The van der Waals surface area contributed by atoms with Gasteiger partial charge in [0.1, 0.15) is 6.42 Å². The number of aryl methyl sites for hydroxylation is 2. The summed E-state index contributed by atoms with van der Waals surface area (Å²) in [4.78, 5) is 47.0. The predicted octanol–water partition coefficient (Wildman–Crippen LogP) is 1.95. The summed E-state index contributed by atoms with van der Waals surface area (Å²) >= 11 is 0. The Labute approximate surface area is 185 Å². The maximum absolute atomic E-state index is 12.5. The molecule has 32 heavy (non-hydrogen) atoms. The zero-order chi connectivity index (χ0) is 23.3. The fourth-order valence-electron chi connectivity index (χ4n) is 3.23. The molecular weight excluding hydrogens is 412 g/mol. The topological polar surface area (TPSA) is 119 Å². The third kappa shape index (κ3) is 5.45. The Bertz CT molecular complexity index is 1150. The number of carbonyl (C=O) groups is 3. The van der Waals surface area contributed by atoms with Crippen LogP contribution in [-0.2, 0) is 20.7 Å². The van der Waals surface area contributed by atoms with E-state index in [0.717, 1.165) is 11.4 Å². The molecule has 2 aromatic heterocycles. The van der Waals surface area contributed by atoms with Crippen LogP contribution in [0.15, 0.2) is 30.3 Å². The molecule has 1 N–H and O–H groups in total. The first-order chi connectivity index (χ1) is 15.3. The number of nitrogens with one attached hydrogen (secondary N) is 1. The van der Waals surface area contributed by atoms with Gasteiger partial charge in [0.05, 0.1) is 0 Å². The van der Waals surface area contributed by atoms with Gasteiger partial charge in [-0.3, -0.25) is 14.4 Å². The van der Waals surface area contributed by atoms with Gasteiger partial charge in [0.25, 0.3) is 17.6 Å². The average Bonchev–Trinajstić information content (AvgIpc) is 3.15. The van der Waals surface area contributed by atoms with E-state index in [-0.39, 0.29) is 18.2 Å². The summed E-state index contributed by atoms with van der Waals surface area (Å²) in [5, 5.41) is 6.88. The summed E-state index contributed by atoms with van der Waals surface area (Å²) in [5.41, 5.74) is 2.57. The first-order valence-electron chi connectivity index (χ1n) is 10.4. The highest BCUT2D eigenvalue weighted by molar-refractivity contribution is 5.97. The van der Waals surface area contributed by atoms with Crippen molar-refractivity contribution >= 4 is 29.2 Å². The Morgan fingerprint density at radius 2 is 1.84 bits per heavy atom. The normalized spacial score (nSPS) is 10.8. The van der Waals surface area contributed by atoms with Crippen molar-refractivity contribution in [1.82, 2.24) is 24.5 Å². The van der Waals surface area contributed by atoms with Crippen LogP contribution in [0.2, 0.25) is 0 Å². The Morgan fingerprint density at radius 1 is 1.09 bits per heavy atom. The van der Waals surface area contributed by atoms with E-state index in [9.17, 15) is 14.4 Å². The van der Waals surface area contributed by atoms with Crippen molar-refractivity contribution in [1.29, 1.82) is 0 Å². The number of nitrogens with zero attached hydrogens (tertiary/aromatic N) is 5. The van der Waals surface area contributed by atoms with Gasteiger partial charge in [-0.2, -0.15) is 4.98 Å². The molecule has 0 saturated heterocycles. The number of rotatable bonds is 8. The standard InChI is InChI=1S/C22H26N6O4/c1-5-27(6-2)21(31)16-8-7-9-17(11-16)24-19(29)13-32-20(30)12-18-25-22-23-14(3)10-15(4)28(22)26-18/h7-11H,5-6,12-13H2,1-4H3,(H,24,29). The zero-order valence-electron chi connectivity index (χ0n) is 18.6. The molecule has 0 aliphatic rings. The number of hydrogen-bond donors (Lipinski definition) is 1. The maximum Gasteiger partial charge on any atom is 0.314 e. The summed E-state index contributed by atoms with van der Waals surface area (Å²) in [7, 11) is 0. The van der Waals surface area contributed by atoms with Crippen molar-refractivity contribution in [3.63, 3.8) is 0 Å². The molecular formula is C22H26N6O4. The number of benzene rings is 1. The van der Waals surface area contributed by atoms with Gasteiger partial charge in [0.2, 0.25) is 0 Å². The molecule has 0 aliphatic carbocycles. The lowest BCUT2D eigenvalue weighted by Gasteiger charge is -2.19. The first kappa shape index (κ1) is 22.9. The Kier molecular flexibility index (Phi) is 7.14. The molecule has 168 valence electrons. The van der Waals surface area contributed by atoms with Crippen LogP contribution in [0.3, 0.4) is 0 Å². The molecule has 10 heteroatoms. The third-order valence-corrected chi connectivity index (χ3v) is 4.77. The Balaban J connectivity index is 1.55. The Hall–Kier alpha value is -3.82. The largest absolute Gasteiger partial charge is 0.455 e. The van der Waals surface area contributed by atoms with Crippen molar-refractivity contribution < 1.29 is 19.1 Å². The molecule has 3 rings (SSSR count). The number of carbonyl (C=O) groups excluding carboxylic acids is 3. The van der Waals surface area contributed by atoms with E-state index in [1.165, 1.54) is 0 Å². The van der Waals surface area contributed by atoms with E-state index in [0.29, 0.717) is 30.1 Å². The number of fused-ring (bicyclic) bond motifs is 1. The number of ether oxygens (including phenoxy) is 1. The summed E-state index contributed by atoms with van der Waals surface area (Å²) < 4.78 is 6.60. The van der Waals surface area contributed by atoms with E-state index in [1.807, 2.05) is 33.8 Å². The minimum Gasteiger partial charge on any atom is -0.455 e. The molecule has 2 heterocycles. The van der Waals surface area contributed by atoms with Crippen molar-refractivity contribution in [3.05, 3.63) is 53.1 Å². The van der Waals surface area contributed by atoms with E-state index >= 15 is 0 Å². The van der Waals surface area contributed by atoms with E-state index in [1.54, 1.807) is 33.7 Å². The van der Waals surface area contributed by atoms with E-state index in [4.69, 9.17) is 4.74 Å². The highest BCUT2D eigenvalue weighted by Gasteiger charge is 2.16. The summed E-state index contributed by atoms with van der Waals surface area (Å²) in [6.45, 7) is 8.26. The highest BCUT2D eigenvalue weighted by atomic mass is 16.5. The van der Waals surface area contributed by atoms with Gasteiger partial charge >= 0.3 is 5.97 Å². The monoisotopic (exact) mass is 438 g/mol. The molecule has 0 fully saturated rings. The molecule has 0 spiro atoms. The summed E-state index contributed by atoms with van der Waals surface area (Å²) in [6, 6.07) is 8.50. The number of aromatic nitrogens is 4. The molecule has 0 saturated carbocycles. The fourth-order valence-corrected chi connectivity index (χ4v) is 3.23. The van der Waals surface area contributed by atoms with Gasteiger partial charge in [-0.25, -0.2) is 9.50 Å². The van der Waals surface area contributed by atoms with Gasteiger partial charge in [0.15, 0.2) is 12.4 Å². The van der Waals surface area contributed by atoms with Gasteiger partial charge in [-0.15, -0.1) is 5.10 Å². The van der Waals surface area contributed by atoms with Crippen LogP contribution in [-0.4, -0.2) is 62.0 Å². The molecule has 0 aliphatic heterocycles. The van der Waals surface area contributed by atoms with Crippen molar-refractivity contribution in [2.24, 2.45) is 0 Å². The number of amides is 2. The van der Waals surface area contributed by atoms with Gasteiger partial charge < -0.3 is 15.0 Å². The average molecular weight is 438 g/mol. The van der Waals surface area contributed by atoms with Crippen LogP contribution >= 0.6 is 0 Å². The second-order valence-electron chi connectivity index (χ2n) is 7.22. The van der Waals surface area contributed by atoms with Gasteiger partial charge in [-0.1, -0.05) is 6.07 Å². The lowest BCUT2D eigenvalue weighted by molar-refractivity contribution is -0.146. The van der Waals surface area contributed by atoms with Gasteiger partial charge in [0, 0.05) is 35.7 Å². The SMILES string of the molecule is CCN(CC)C(=O)c1cccc(NC(=O)COC(=O)Cc2nc3nc(C)cc(C)n3n2)c1. The quantitative estimate of drug-likeness (QED) is 0.534. The van der Waals surface area contributed by atoms with Gasteiger partial charge in [-0.05, 0) is 52.0 Å². The first-order valence-corrected chi connectivity index (χ1v) is 10.4. The van der Waals surface area contributed by atoms with E-state index < -0.39 is 18.5 Å². The summed E-state index contributed by atoms with van der Waals surface area (Å²) in [6.07, 6.45) is -0.178. The number of hydrogen-bond acceptors (Lipinski definition) is 7. The fraction of sp³-hybridized carbons (Fsp3) is 0.364. The molecule has 0 radical (unpaired) electrons. The second kappa shape index (κ2) is 9.99. The smallest absolute Gasteiger partial charge is 0.314 e. The number of esters is 1. The van der Waals surface area contributed by atoms with Crippen molar-refractivity contribution in [2.75, 3.05) is 25.0 Å². The third-order valence-electron chi connectivity index (χ3n) is 4.77. The van der Waals surface area contributed by atoms with Crippen molar-refractivity contribution in [3.8, 4) is 0 Å². The van der Waals surface area contributed by atoms with Crippen LogP contribution < -0.4 is 5.32 Å². The molecule has 10 nitrogen and oxygen atoms in total. The number of anilines is 1. The minimum absolute atomic E-state index is 0.114. The highest BCUT2D eigenvalue weighted by Crippen LogP contribution is 2.13. The molecule has 0 bridgehead atoms. The zero-order valence-corrected chi connectivity index (χ0v) is 18.6. The maximum atomic E-state index is 12.5. The van der Waals surface area contributed by atoms with Crippen LogP contribution in [0.1, 0.15) is 41.4 Å². The van der Waals surface area contributed by atoms with Crippen LogP contribution in [0.5, 0.6) is 0 Å². The molecule has 1 aromatic carbocycles. The molecule has 2 amide bonds. The molecule has 0 unspecified atom stereocenters. The summed E-state index contributed by atoms with van der Waals surface area (Å²) in [5.74, 6) is -0.586. The lowest BCUT2D eigenvalue weighted by atomic mass is 10.1. The van der Waals surface area contributed by atoms with Crippen LogP contribution in [0.25, 0.3) is 5.78 Å². The second-order valence-corrected chi connectivity index (χ2v) is 7.22. The van der Waals surface area contributed by atoms with Crippen LogP contribution in [0, 0.1) is 13.8 Å².